The number of likely N-dealkylation sites (N-methyl/N-ethyl adjacent to an activating group) is 2. The molecule has 2 fully saturated rings. The van der Waals surface area contributed by atoms with E-state index in [1.807, 2.05) is 0 Å². The van der Waals surface area contributed by atoms with E-state index in [0.29, 0.717) is 29.5 Å². The van der Waals surface area contributed by atoms with E-state index >= 15 is 0 Å². The fourth-order valence-electron chi connectivity index (χ4n) is 5.30. The van der Waals surface area contributed by atoms with Crippen molar-refractivity contribution in [2.45, 2.75) is 24.8 Å². The van der Waals surface area contributed by atoms with Gasteiger partial charge < -0.3 is 14.8 Å². The second kappa shape index (κ2) is 5.79. The van der Waals surface area contributed by atoms with Crippen LogP contribution in [0.2, 0.25) is 0 Å². The molecule has 3 heterocycles. The molecule has 3 atom stereocenters. The minimum atomic E-state index is 0.108. The first-order valence-electron chi connectivity index (χ1n) is 9.37. The van der Waals surface area contributed by atoms with Crippen molar-refractivity contribution in [2.24, 2.45) is 5.92 Å². The van der Waals surface area contributed by atoms with Gasteiger partial charge >= 0.3 is 0 Å². The molecule has 6 heteroatoms. The highest BCUT2D eigenvalue weighted by molar-refractivity contribution is 7.80. The van der Waals surface area contributed by atoms with Crippen molar-refractivity contribution in [3.8, 4) is 0 Å². The number of aromatic nitrogens is 1. The smallest absolute Gasteiger partial charge is 0.248 e. The number of amides is 1. The van der Waals surface area contributed by atoms with Crippen LogP contribution in [-0.2, 0) is 11.2 Å². The molecule has 2 aliphatic heterocycles. The van der Waals surface area contributed by atoms with Crippen LogP contribution < -0.4 is 0 Å². The summed E-state index contributed by atoms with van der Waals surface area (Å²) in [6.45, 7) is 2.37. The third-order valence-corrected chi connectivity index (χ3v) is 7.08. The number of nitrogens with one attached hydrogen (secondary N) is 1. The van der Waals surface area contributed by atoms with E-state index in [1.165, 1.54) is 22.0 Å². The molecule has 2 saturated heterocycles. The van der Waals surface area contributed by atoms with Crippen molar-refractivity contribution < 1.29 is 4.79 Å². The molecular formula is C20H24N4OS. The Morgan fingerprint density at radius 3 is 2.92 bits per heavy atom. The Kier molecular flexibility index (Phi) is 3.62. The third kappa shape index (κ3) is 2.32. The van der Waals surface area contributed by atoms with E-state index in [0.717, 1.165) is 25.9 Å². The van der Waals surface area contributed by atoms with Gasteiger partial charge in [-0.25, -0.2) is 0 Å². The van der Waals surface area contributed by atoms with Gasteiger partial charge in [0.15, 0.2) is 5.11 Å². The van der Waals surface area contributed by atoms with E-state index in [4.69, 9.17) is 12.2 Å². The van der Waals surface area contributed by atoms with Crippen LogP contribution in [-0.4, -0.2) is 70.5 Å². The molecule has 1 amide bonds. The lowest BCUT2D eigenvalue weighted by Gasteiger charge is -2.46. The highest BCUT2D eigenvalue weighted by Crippen LogP contribution is 2.44. The second-order valence-electron chi connectivity index (χ2n) is 8.12. The van der Waals surface area contributed by atoms with E-state index < -0.39 is 0 Å². The van der Waals surface area contributed by atoms with Gasteiger partial charge in [0, 0.05) is 49.2 Å². The molecule has 136 valence electrons. The van der Waals surface area contributed by atoms with Crippen LogP contribution in [0.15, 0.2) is 24.4 Å². The lowest BCUT2D eigenvalue weighted by molar-refractivity contribution is -0.124. The van der Waals surface area contributed by atoms with Gasteiger partial charge in [-0.15, -0.1) is 0 Å². The van der Waals surface area contributed by atoms with Crippen LogP contribution >= 0.6 is 12.2 Å². The number of carbonyl (C=O) groups is 1. The Morgan fingerprint density at radius 2 is 2.15 bits per heavy atom. The SMILES string of the molecule is CN1C(=O)CN(CC2C[C@@H]3c4cccc5[nH]cc(c45)C[C@H]3N(C)C2)C1=S. The van der Waals surface area contributed by atoms with Crippen molar-refractivity contribution in [3.63, 3.8) is 0 Å². The predicted molar refractivity (Wildman–Crippen MR) is 106 cm³/mol. The van der Waals surface area contributed by atoms with Crippen LogP contribution in [0.3, 0.4) is 0 Å². The van der Waals surface area contributed by atoms with Gasteiger partial charge in [0.05, 0.1) is 6.54 Å². The molecule has 1 aromatic carbocycles. The molecule has 3 aliphatic rings. The van der Waals surface area contributed by atoms with E-state index in [9.17, 15) is 4.79 Å². The van der Waals surface area contributed by atoms with Crippen LogP contribution in [0.4, 0.5) is 0 Å². The lowest BCUT2D eigenvalue weighted by Crippen LogP contribution is -2.50. The van der Waals surface area contributed by atoms with Gasteiger partial charge in [-0.3, -0.25) is 9.69 Å². The summed E-state index contributed by atoms with van der Waals surface area (Å²) >= 11 is 5.46. The topological polar surface area (TPSA) is 42.6 Å². The van der Waals surface area contributed by atoms with Gasteiger partial charge in [0.1, 0.15) is 0 Å². The number of benzene rings is 1. The molecule has 0 saturated carbocycles. The van der Waals surface area contributed by atoms with Gasteiger partial charge in [-0.1, -0.05) is 12.1 Å². The highest BCUT2D eigenvalue weighted by atomic mass is 32.1. The second-order valence-corrected chi connectivity index (χ2v) is 8.48. The summed E-state index contributed by atoms with van der Waals surface area (Å²) in [4.78, 5) is 21.6. The molecule has 0 radical (unpaired) electrons. The standard InChI is InChI=1S/C20H24N4OS/c1-22-9-12(10-24-11-18(25)23(2)20(24)26)6-15-14-4-3-5-16-19(14)13(8-21-16)7-17(15)22/h3-5,8,12,15,17,21H,6-7,9-11H2,1-2H3/t12?,15-,17-/m1/s1. The molecule has 5 rings (SSSR count). The van der Waals surface area contributed by atoms with E-state index in [-0.39, 0.29) is 5.91 Å². The van der Waals surface area contributed by atoms with Crippen molar-refractivity contribution in [1.82, 2.24) is 19.7 Å². The largest absolute Gasteiger partial charge is 0.361 e. The number of thiocarbonyl (C=S) groups is 1. The Labute approximate surface area is 158 Å². The zero-order valence-electron chi connectivity index (χ0n) is 15.2. The number of hydrogen-bond acceptors (Lipinski definition) is 3. The average Bonchev–Trinajstić information content (AvgIpc) is 3.14. The molecule has 1 N–H and O–H groups in total. The molecule has 5 nitrogen and oxygen atoms in total. The van der Waals surface area contributed by atoms with Gasteiger partial charge in [-0.05, 0) is 55.2 Å². The number of nitrogens with zero attached hydrogens (tertiary/aromatic N) is 3. The zero-order chi connectivity index (χ0) is 18.0. The fraction of sp³-hybridized carbons (Fsp3) is 0.500. The normalized spacial score (nSPS) is 28.9. The maximum absolute atomic E-state index is 11.9. The molecule has 1 aromatic heterocycles. The minimum Gasteiger partial charge on any atom is -0.361 e. The number of likely N-dealkylation sites (tertiary alicyclic amines) is 1. The quantitative estimate of drug-likeness (QED) is 0.825. The first kappa shape index (κ1) is 16.3. The van der Waals surface area contributed by atoms with E-state index in [2.05, 4.69) is 46.2 Å². The van der Waals surface area contributed by atoms with Crippen LogP contribution in [0.5, 0.6) is 0 Å². The molecule has 0 spiro atoms. The van der Waals surface area contributed by atoms with Gasteiger partial charge in [0.25, 0.3) is 0 Å². The third-order valence-electron chi connectivity index (χ3n) is 6.55. The van der Waals surface area contributed by atoms with Crippen molar-refractivity contribution in [2.75, 3.05) is 33.7 Å². The first-order valence-corrected chi connectivity index (χ1v) is 9.78. The summed E-state index contributed by atoms with van der Waals surface area (Å²) in [5.74, 6) is 1.18. The first-order chi connectivity index (χ1) is 12.5. The average molecular weight is 369 g/mol. The zero-order valence-corrected chi connectivity index (χ0v) is 16.1. The van der Waals surface area contributed by atoms with Gasteiger partial charge in [0.2, 0.25) is 5.91 Å². The number of rotatable bonds is 2. The number of carbonyl (C=O) groups excluding carboxylic acids is 1. The summed E-state index contributed by atoms with van der Waals surface area (Å²) in [6.07, 6.45) is 4.47. The number of fused-ring (bicyclic) bond motifs is 2. The summed E-state index contributed by atoms with van der Waals surface area (Å²) in [5.41, 5.74) is 4.20. The summed E-state index contributed by atoms with van der Waals surface area (Å²) < 4.78 is 0. The Bertz CT molecular complexity index is 906. The lowest BCUT2D eigenvalue weighted by atomic mass is 9.72. The fourth-order valence-corrected chi connectivity index (χ4v) is 5.54. The molecule has 2 aromatic rings. The van der Waals surface area contributed by atoms with Crippen molar-refractivity contribution in [1.29, 1.82) is 0 Å². The Morgan fingerprint density at radius 1 is 1.31 bits per heavy atom. The summed E-state index contributed by atoms with van der Waals surface area (Å²) in [5, 5.41) is 2.12. The Hall–Kier alpha value is -1.92. The number of aromatic amines is 1. The van der Waals surface area contributed by atoms with Crippen LogP contribution in [0.1, 0.15) is 23.5 Å². The maximum atomic E-state index is 11.9. The minimum absolute atomic E-state index is 0.108. The number of piperidine rings is 1. The van der Waals surface area contributed by atoms with Gasteiger partial charge in [-0.2, -0.15) is 0 Å². The highest BCUT2D eigenvalue weighted by Gasteiger charge is 2.41. The molecular weight excluding hydrogens is 344 g/mol. The van der Waals surface area contributed by atoms with E-state index in [1.54, 1.807) is 11.9 Å². The maximum Gasteiger partial charge on any atom is 0.248 e. The number of H-pyrrole nitrogens is 1. The Balaban J connectivity index is 1.43. The summed E-state index contributed by atoms with van der Waals surface area (Å²) in [7, 11) is 4.03. The van der Waals surface area contributed by atoms with Crippen LogP contribution in [0.25, 0.3) is 10.9 Å². The predicted octanol–water partition coefficient (Wildman–Crippen LogP) is 2.19. The van der Waals surface area contributed by atoms with Crippen molar-refractivity contribution in [3.05, 3.63) is 35.5 Å². The molecule has 1 unspecified atom stereocenters. The molecule has 0 bridgehead atoms. The number of hydrogen-bond donors (Lipinski definition) is 1. The van der Waals surface area contributed by atoms with Crippen molar-refractivity contribution >= 4 is 34.1 Å². The molecule has 1 aliphatic carbocycles. The van der Waals surface area contributed by atoms with Crippen LogP contribution in [0, 0.1) is 5.92 Å². The molecule has 26 heavy (non-hydrogen) atoms. The monoisotopic (exact) mass is 368 g/mol. The summed E-state index contributed by atoms with van der Waals surface area (Å²) in [6, 6.07) is 7.23.